The smallest absolute Gasteiger partial charge is 0.228 e. The van der Waals surface area contributed by atoms with E-state index in [9.17, 15) is 4.39 Å². The van der Waals surface area contributed by atoms with Crippen molar-refractivity contribution in [2.45, 2.75) is 37.8 Å². The highest BCUT2D eigenvalue weighted by Gasteiger charge is 2.23. The van der Waals surface area contributed by atoms with E-state index in [2.05, 4.69) is 25.3 Å². The van der Waals surface area contributed by atoms with Crippen molar-refractivity contribution in [3.63, 3.8) is 0 Å². The molecule has 4 aromatic rings. The molecular weight excluding hydrogens is 387 g/mol. The van der Waals surface area contributed by atoms with E-state index in [4.69, 9.17) is 9.47 Å². The molecule has 1 fully saturated rings. The number of fused-ring (bicyclic) bond motifs is 2. The number of pyridine rings is 1. The first-order valence-corrected chi connectivity index (χ1v) is 10.0. The van der Waals surface area contributed by atoms with Crippen molar-refractivity contribution in [2.75, 3.05) is 19.5 Å². The van der Waals surface area contributed by atoms with Gasteiger partial charge in [-0.2, -0.15) is 14.4 Å². The summed E-state index contributed by atoms with van der Waals surface area (Å²) in [6, 6.07) is 3.97. The average molecular weight is 410 g/mol. The number of nitrogens with one attached hydrogen (secondary N) is 2. The van der Waals surface area contributed by atoms with Gasteiger partial charge in [0.1, 0.15) is 11.3 Å². The van der Waals surface area contributed by atoms with Crippen molar-refractivity contribution in [3.8, 4) is 17.0 Å². The van der Waals surface area contributed by atoms with Crippen molar-refractivity contribution >= 4 is 22.6 Å². The number of methoxy groups -OCH3 is 2. The highest BCUT2D eigenvalue weighted by atomic mass is 19.1. The van der Waals surface area contributed by atoms with Gasteiger partial charge in [-0.15, -0.1) is 0 Å². The Morgan fingerprint density at radius 2 is 2.00 bits per heavy atom. The Labute approximate surface area is 172 Å². The Morgan fingerprint density at radius 3 is 2.77 bits per heavy atom. The van der Waals surface area contributed by atoms with Crippen LogP contribution < -0.4 is 10.1 Å². The zero-order valence-corrected chi connectivity index (χ0v) is 16.9. The molecular formula is C21H23FN6O2. The summed E-state index contributed by atoms with van der Waals surface area (Å²) in [7, 11) is 3.35. The Balaban J connectivity index is 1.49. The van der Waals surface area contributed by atoms with Crippen LogP contribution >= 0.6 is 0 Å². The van der Waals surface area contributed by atoms with E-state index in [0.717, 1.165) is 42.2 Å². The van der Waals surface area contributed by atoms with Gasteiger partial charge in [-0.3, -0.25) is 4.40 Å². The van der Waals surface area contributed by atoms with Crippen LogP contribution in [0.1, 0.15) is 25.7 Å². The molecule has 156 valence electrons. The van der Waals surface area contributed by atoms with Gasteiger partial charge in [-0.25, -0.2) is 4.98 Å². The fourth-order valence-electron chi connectivity index (χ4n) is 4.18. The second-order valence-corrected chi connectivity index (χ2v) is 7.56. The predicted molar refractivity (Wildman–Crippen MR) is 111 cm³/mol. The summed E-state index contributed by atoms with van der Waals surface area (Å²) in [5.74, 6) is 0.588. The van der Waals surface area contributed by atoms with Crippen LogP contribution in [-0.2, 0) is 4.74 Å². The zero-order valence-electron chi connectivity index (χ0n) is 16.9. The Bertz CT molecular complexity index is 1200. The Kier molecular flexibility index (Phi) is 4.74. The fourth-order valence-corrected chi connectivity index (χ4v) is 4.18. The van der Waals surface area contributed by atoms with E-state index in [0.29, 0.717) is 35.3 Å². The summed E-state index contributed by atoms with van der Waals surface area (Å²) in [5, 5.41) is 4.19. The number of H-pyrrole nitrogens is 1. The highest BCUT2D eigenvalue weighted by molar-refractivity contribution is 5.97. The van der Waals surface area contributed by atoms with Crippen LogP contribution in [0.2, 0.25) is 0 Å². The third-order valence-electron chi connectivity index (χ3n) is 5.80. The van der Waals surface area contributed by atoms with Crippen molar-refractivity contribution in [2.24, 2.45) is 0 Å². The molecule has 4 heterocycles. The molecule has 0 bridgehead atoms. The quantitative estimate of drug-likeness (QED) is 0.520. The minimum Gasteiger partial charge on any atom is -0.480 e. The second-order valence-electron chi connectivity index (χ2n) is 7.56. The lowest BCUT2D eigenvalue weighted by Crippen LogP contribution is -2.29. The molecule has 9 heteroatoms. The predicted octanol–water partition coefficient (Wildman–Crippen LogP) is 3.79. The van der Waals surface area contributed by atoms with Crippen molar-refractivity contribution < 1.29 is 13.9 Å². The number of hydrogen-bond donors (Lipinski definition) is 2. The van der Waals surface area contributed by atoms with Gasteiger partial charge in [-0.05, 0) is 37.8 Å². The molecule has 0 radical (unpaired) electrons. The zero-order chi connectivity index (χ0) is 20.7. The van der Waals surface area contributed by atoms with Gasteiger partial charge >= 0.3 is 0 Å². The maximum atomic E-state index is 14.0. The first-order valence-electron chi connectivity index (χ1n) is 10.0. The van der Waals surface area contributed by atoms with Gasteiger partial charge in [0.05, 0.1) is 24.8 Å². The molecule has 4 aromatic heterocycles. The van der Waals surface area contributed by atoms with E-state index in [-0.39, 0.29) is 0 Å². The Hall–Kier alpha value is -3.20. The van der Waals surface area contributed by atoms with Crippen LogP contribution in [0.25, 0.3) is 27.8 Å². The van der Waals surface area contributed by atoms with Gasteiger partial charge in [0.25, 0.3) is 0 Å². The molecule has 0 atom stereocenters. The molecule has 1 aliphatic rings. The van der Waals surface area contributed by atoms with Crippen molar-refractivity contribution in [1.82, 2.24) is 24.3 Å². The van der Waals surface area contributed by atoms with E-state index >= 15 is 0 Å². The number of halogens is 1. The number of rotatable bonds is 5. The lowest BCUT2D eigenvalue weighted by atomic mass is 9.93. The summed E-state index contributed by atoms with van der Waals surface area (Å²) in [4.78, 5) is 16.5. The highest BCUT2D eigenvalue weighted by Crippen LogP contribution is 2.35. The van der Waals surface area contributed by atoms with E-state index < -0.39 is 5.95 Å². The standard InChI is InChI=1S/C21H23FN6O2/c1-29-14-6-4-13(5-7-14)25-21-26-19-18(20(27-21)30-2)15(9-24-19)12-3-8-17-23-10-16(22)28(17)11-12/h3,8-11,13-14H,4-7H2,1-2H3,(H2,24,25,26,27). The summed E-state index contributed by atoms with van der Waals surface area (Å²) in [5.41, 5.74) is 2.86. The monoisotopic (exact) mass is 410 g/mol. The summed E-state index contributed by atoms with van der Waals surface area (Å²) >= 11 is 0. The van der Waals surface area contributed by atoms with E-state index in [1.54, 1.807) is 26.5 Å². The number of aromatic amines is 1. The van der Waals surface area contributed by atoms with E-state index in [1.807, 2.05) is 12.3 Å². The van der Waals surface area contributed by atoms with Crippen LogP contribution in [0.5, 0.6) is 5.88 Å². The van der Waals surface area contributed by atoms with Gasteiger partial charge < -0.3 is 19.8 Å². The van der Waals surface area contributed by atoms with Gasteiger partial charge in [0.15, 0.2) is 0 Å². The lowest BCUT2D eigenvalue weighted by molar-refractivity contribution is 0.0681. The molecule has 0 spiro atoms. The SMILES string of the molecule is COc1nc(NC2CCC(OC)CC2)nc2[nH]cc(-c3ccc4ncc(F)n4c3)c12. The normalized spacial score (nSPS) is 19.4. The molecule has 8 nitrogen and oxygen atoms in total. The molecule has 2 N–H and O–H groups in total. The minimum atomic E-state index is -0.412. The molecule has 0 aromatic carbocycles. The second kappa shape index (κ2) is 7.56. The topological polar surface area (TPSA) is 89.4 Å². The van der Waals surface area contributed by atoms with Gasteiger partial charge in [0, 0.05) is 36.7 Å². The first kappa shape index (κ1) is 18.8. The van der Waals surface area contributed by atoms with E-state index in [1.165, 1.54) is 10.6 Å². The summed E-state index contributed by atoms with van der Waals surface area (Å²) in [6.07, 6.45) is 9.15. The molecule has 1 aliphatic carbocycles. The third kappa shape index (κ3) is 3.24. The molecule has 0 unspecified atom stereocenters. The largest absolute Gasteiger partial charge is 0.480 e. The van der Waals surface area contributed by atoms with Crippen LogP contribution in [0.3, 0.4) is 0 Å². The van der Waals surface area contributed by atoms with Gasteiger partial charge in [0.2, 0.25) is 17.8 Å². The molecule has 0 amide bonds. The number of imidazole rings is 1. The number of anilines is 1. The first-order chi connectivity index (χ1) is 14.7. The van der Waals surface area contributed by atoms with Crippen molar-refractivity contribution in [1.29, 1.82) is 0 Å². The summed E-state index contributed by atoms with van der Waals surface area (Å²) < 4.78 is 26.4. The van der Waals surface area contributed by atoms with Crippen LogP contribution in [0.4, 0.5) is 10.3 Å². The van der Waals surface area contributed by atoms with Crippen LogP contribution in [-0.4, -0.2) is 50.7 Å². The third-order valence-corrected chi connectivity index (χ3v) is 5.80. The lowest BCUT2D eigenvalue weighted by Gasteiger charge is -2.28. The average Bonchev–Trinajstić information content (AvgIpc) is 3.37. The summed E-state index contributed by atoms with van der Waals surface area (Å²) in [6.45, 7) is 0. The fraction of sp³-hybridized carbons (Fsp3) is 0.381. The number of aromatic nitrogens is 5. The van der Waals surface area contributed by atoms with Crippen LogP contribution in [0, 0.1) is 5.95 Å². The molecule has 1 saturated carbocycles. The maximum Gasteiger partial charge on any atom is 0.228 e. The Morgan fingerprint density at radius 1 is 1.17 bits per heavy atom. The van der Waals surface area contributed by atoms with Crippen LogP contribution in [0.15, 0.2) is 30.7 Å². The molecule has 5 rings (SSSR count). The van der Waals surface area contributed by atoms with Crippen molar-refractivity contribution in [3.05, 3.63) is 36.7 Å². The molecule has 0 saturated heterocycles. The number of nitrogens with zero attached hydrogens (tertiary/aromatic N) is 4. The maximum absolute atomic E-state index is 14.0. The molecule has 0 aliphatic heterocycles. The van der Waals surface area contributed by atoms with Gasteiger partial charge in [-0.1, -0.05) is 0 Å². The number of hydrogen-bond acceptors (Lipinski definition) is 6. The molecule has 30 heavy (non-hydrogen) atoms. The number of ether oxygens (including phenoxy) is 2. The minimum absolute atomic E-state index is 0.305.